The van der Waals surface area contributed by atoms with E-state index in [-0.39, 0.29) is 34.5 Å². The van der Waals surface area contributed by atoms with E-state index in [1.54, 1.807) is 0 Å². The summed E-state index contributed by atoms with van der Waals surface area (Å²) in [5.41, 5.74) is 4.87. The molecule has 2 aromatic rings. The van der Waals surface area contributed by atoms with E-state index in [1.807, 2.05) is 0 Å². The summed E-state index contributed by atoms with van der Waals surface area (Å²) in [5.74, 6) is -3.35. The van der Waals surface area contributed by atoms with Crippen molar-refractivity contribution in [3.8, 4) is 0 Å². The van der Waals surface area contributed by atoms with Gasteiger partial charge in [-0.1, -0.05) is 5.16 Å². The number of aliphatic carboxylic acids is 1. The molecule has 2 atom stereocenters. The molecule has 17 nitrogen and oxygen atoms in total. The second kappa shape index (κ2) is 8.47. The van der Waals surface area contributed by atoms with Gasteiger partial charge in [-0.05, 0) is 0 Å². The lowest BCUT2D eigenvalue weighted by Crippen LogP contribution is -2.73. The summed E-state index contributed by atoms with van der Waals surface area (Å²) in [4.78, 5) is 47.4. The molecule has 5 rings (SSSR count). The van der Waals surface area contributed by atoms with Gasteiger partial charge in [-0.3, -0.25) is 14.1 Å². The number of nitrogens with one attached hydrogen (secondary N) is 2. The summed E-state index contributed by atoms with van der Waals surface area (Å²) >= 11 is 0.983. The van der Waals surface area contributed by atoms with Crippen molar-refractivity contribution in [2.45, 2.75) is 50.2 Å². The molecule has 0 aromatic carbocycles. The van der Waals surface area contributed by atoms with Crippen LogP contribution in [0.5, 0.6) is 0 Å². The average Bonchev–Trinajstić information content (AvgIpc) is 3.06. The number of β-lactam (4-membered cyclic amide) rings is 1. The second-order valence-corrected chi connectivity index (χ2v) is 10.5. The summed E-state index contributed by atoms with van der Waals surface area (Å²) in [7, 11) is -4.94. The second-order valence-electron chi connectivity index (χ2n) is 8.28. The minimum absolute atomic E-state index is 0.0381. The van der Waals surface area contributed by atoms with E-state index in [1.165, 1.54) is 10.2 Å². The van der Waals surface area contributed by atoms with Gasteiger partial charge < -0.3 is 26.3 Å². The third-order valence-corrected chi connectivity index (χ3v) is 7.45. The van der Waals surface area contributed by atoms with Crippen LogP contribution in [-0.4, -0.2) is 83.5 Å². The van der Waals surface area contributed by atoms with Crippen LogP contribution in [0.15, 0.2) is 10.5 Å². The maximum absolute atomic E-state index is 13.1. The molecule has 4 heterocycles. The zero-order valence-corrected chi connectivity index (χ0v) is 19.8. The van der Waals surface area contributed by atoms with Gasteiger partial charge in [0.1, 0.15) is 29.2 Å². The minimum atomic E-state index is -4.94. The standard InChI is InChI=1S/C17H19N9O8S2/c18-16-20-9(6-35-16)11(24-34-17(1-2-17)15(29)30)13(27)21-12-10(26(14(12)28)36(31,32)33)5-25-22-7-3-19-4-8(7)23-25/h6,10,12,19H,1-5H2,(H2,18,20)(H,21,27)(H,29,30)(H,31,32,33)/t10-,12+/m1/s1. The van der Waals surface area contributed by atoms with Gasteiger partial charge in [0.15, 0.2) is 10.8 Å². The smallest absolute Gasteiger partial charge is 0.362 e. The van der Waals surface area contributed by atoms with Gasteiger partial charge in [0, 0.05) is 31.3 Å². The highest BCUT2D eigenvalue weighted by atomic mass is 32.2. The number of hydrogen-bond acceptors (Lipinski definition) is 13. The van der Waals surface area contributed by atoms with Crippen LogP contribution in [0.4, 0.5) is 5.13 Å². The number of nitrogen functional groups attached to an aromatic ring is 1. The molecule has 192 valence electrons. The fourth-order valence-electron chi connectivity index (χ4n) is 3.78. The molecule has 0 spiro atoms. The van der Waals surface area contributed by atoms with Gasteiger partial charge in [0.05, 0.1) is 6.54 Å². The van der Waals surface area contributed by atoms with Crippen LogP contribution in [0.2, 0.25) is 0 Å². The van der Waals surface area contributed by atoms with Crippen LogP contribution >= 0.6 is 11.3 Å². The van der Waals surface area contributed by atoms with Gasteiger partial charge >= 0.3 is 16.3 Å². The topological polar surface area (TPSA) is 244 Å². The van der Waals surface area contributed by atoms with E-state index < -0.39 is 51.5 Å². The van der Waals surface area contributed by atoms with Gasteiger partial charge in [-0.2, -0.15) is 23.4 Å². The molecule has 1 saturated heterocycles. The SMILES string of the molecule is Nc1nc(C(=NOC2(C(=O)O)CC2)C(=O)N[C@@H]2C(=O)N(S(=O)(=O)O)[C@@H]2Cn2nc3c(n2)CNC3)cs1. The molecule has 19 heteroatoms. The molecule has 2 fully saturated rings. The average molecular weight is 542 g/mol. The molecular formula is C17H19N9O8S2. The van der Waals surface area contributed by atoms with Crippen LogP contribution in [0.3, 0.4) is 0 Å². The highest BCUT2D eigenvalue weighted by molar-refractivity contribution is 7.84. The zero-order valence-electron chi connectivity index (χ0n) is 18.2. The van der Waals surface area contributed by atoms with Crippen LogP contribution in [0, 0.1) is 0 Å². The number of rotatable bonds is 9. The lowest BCUT2D eigenvalue weighted by Gasteiger charge is -2.43. The molecular weight excluding hydrogens is 522 g/mol. The van der Waals surface area contributed by atoms with E-state index in [2.05, 4.69) is 31.0 Å². The van der Waals surface area contributed by atoms with Crippen LogP contribution < -0.4 is 16.4 Å². The normalized spacial score (nSPS) is 22.6. The minimum Gasteiger partial charge on any atom is -0.478 e. The molecule has 0 radical (unpaired) electrons. The first kappa shape index (κ1) is 24.0. The van der Waals surface area contributed by atoms with Gasteiger partial charge in [0.2, 0.25) is 5.60 Å². The van der Waals surface area contributed by atoms with Gasteiger partial charge in [-0.25, -0.2) is 14.1 Å². The number of nitrogens with two attached hydrogens (primary N) is 1. The number of carboxylic acids is 1. The van der Waals surface area contributed by atoms with E-state index in [0.29, 0.717) is 24.5 Å². The Morgan fingerprint density at radius 1 is 1.33 bits per heavy atom. The summed E-state index contributed by atoms with van der Waals surface area (Å²) < 4.78 is 33.4. The van der Waals surface area contributed by atoms with Crippen LogP contribution in [-0.2, 0) is 49.2 Å². The van der Waals surface area contributed by atoms with Crippen molar-refractivity contribution in [2.75, 3.05) is 5.73 Å². The first-order valence-electron chi connectivity index (χ1n) is 10.4. The largest absolute Gasteiger partial charge is 0.478 e. The summed E-state index contributed by atoms with van der Waals surface area (Å²) in [5, 5.41) is 28.3. The number of anilines is 1. The van der Waals surface area contributed by atoms with Gasteiger partial charge in [-0.15, -0.1) is 11.3 Å². The van der Waals surface area contributed by atoms with Gasteiger partial charge in [0.25, 0.3) is 11.8 Å². The van der Waals surface area contributed by atoms with E-state index in [4.69, 9.17) is 10.6 Å². The molecule has 36 heavy (non-hydrogen) atoms. The molecule has 2 aliphatic heterocycles. The summed E-state index contributed by atoms with van der Waals surface area (Å²) in [6.45, 7) is 0.684. The number of hydrogen-bond donors (Lipinski definition) is 5. The Morgan fingerprint density at radius 3 is 2.53 bits per heavy atom. The predicted molar refractivity (Wildman–Crippen MR) is 118 cm³/mol. The molecule has 1 saturated carbocycles. The van der Waals surface area contributed by atoms with Crippen molar-refractivity contribution in [3.05, 3.63) is 22.5 Å². The highest BCUT2D eigenvalue weighted by Crippen LogP contribution is 2.40. The van der Waals surface area contributed by atoms with E-state index in [9.17, 15) is 32.5 Å². The monoisotopic (exact) mass is 541 g/mol. The zero-order chi connectivity index (χ0) is 25.8. The number of thiazole rings is 1. The number of aromatic nitrogens is 4. The number of carboxylic acid groups (broad SMARTS) is 1. The third-order valence-electron chi connectivity index (χ3n) is 5.83. The Balaban J connectivity index is 1.39. The van der Waals surface area contributed by atoms with E-state index in [0.717, 1.165) is 11.3 Å². The highest BCUT2D eigenvalue weighted by Gasteiger charge is 2.56. The Bertz CT molecular complexity index is 1370. The fourth-order valence-corrected chi connectivity index (χ4v) is 5.20. The molecule has 0 unspecified atom stereocenters. The number of fused-ring (bicyclic) bond motifs is 1. The van der Waals surface area contributed by atoms with Crippen molar-refractivity contribution >= 4 is 50.3 Å². The van der Waals surface area contributed by atoms with Crippen molar-refractivity contribution in [2.24, 2.45) is 5.16 Å². The predicted octanol–water partition coefficient (Wildman–Crippen LogP) is -2.54. The number of amides is 2. The molecule has 2 amide bonds. The number of carbonyl (C=O) groups excluding carboxylic acids is 2. The van der Waals surface area contributed by atoms with Crippen molar-refractivity contribution in [1.82, 2.24) is 34.9 Å². The summed E-state index contributed by atoms with van der Waals surface area (Å²) in [6.07, 6.45) is 0.367. The first-order valence-corrected chi connectivity index (χ1v) is 12.7. The number of nitrogens with zero attached hydrogens (tertiary/aromatic N) is 6. The first-order chi connectivity index (χ1) is 17.0. The Morgan fingerprint density at radius 2 is 2.00 bits per heavy atom. The maximum Gasteiger partial charge on any atom is 0.362 e. The van der Waals surface area contributed by atoms with Crippen LogP contribution in [0.1, 0.15) is 29.9 Å². The molecule has 0 bridgehead atoms. The fraction of sp³-hybridized carbons (Fsp3) is 0.471. The Labute approximate surface area is 206 Å². The van der Waals surface area contributed by atoms with Crippen LogP contribution in [0.25, 0.3) is 0 Å². The lowest BCUT2D eigenvalue weighted by atomic mass is 9.98. The Hall–Kier alpha value is -3.68. The van der Waals surface area contributed by atoms with Crippen molar-refractivity contribution in [1.29, 1.82) is 0 Å². The number of oxime groups is 1. The molecule has 3 aliphatic rings. The maximum atomic E-state index is 13.1. The van der Waals surface area contributed by atoms with Crippen molar-refractivity contribution in [3.63, 3.8) is 0 Å². The quantitative estimate of drug-likeness (QED) is 0.0951. The Kier molecular flexibility index (Phi) is 5.65. The molecule has 1 aliphatic carbocycles. The molecule has 6 N–H and O–H groups in total. The lowest BCUT2D eigenvalue weighted by molar-refractivity contribution is -0.153. The number of carbonyl (C=O) groups is 3. The third kappa shape index (κ3) is 4.25. The molecule has 2 aromatic heterocycles. The van der Waals surface area contributed by atoms with Crippen molar-refractivity contribution < 1.29 is 37.3 Å². The van der Waals surface area contributed by atoms with E-state index >= 15 is 0 Å². The summed E-state index contributed by atoms with van der Waals surface area (Å²) in [6, 6.07) is -2.66.